The number of aromatic carboxylic acids is 1. The zero-order chi connectivity index (χ0) is 19.8. The highest BCUT2D eigenvalue weighted by Gasteiger charge is 2.23. The van der Waals surface area contributed by atoms with Gasteiger partial charge >= 0.3 is 11.9 Å². The Bertz CT molecular complexity index is 753. The fourth-order valence-electron chi connectivity index (χ4n) is 2.65. The molecule has 1 heterocycles. The zero-order valence-corrected chi connectivity index (χ0v) is 16.8. The quantitative estimate of drug-likeness (QED) is 0.738. The van der Waals surface area contributed by atoms with E-state index >= 15 is 0 Å². The van der Waals surface area contributed by atoms with Crippen LogP contribution in [0.2, 0.25) is 0 Å². The minimum atomic E-state index is -0.875. The maximum absolute atomic E-state index is 11.8. The van der Waals surface area contributed by atoms with E-state index in [9.17, 15) is 9.59 Å². The van der Waals surface area contributed by atoms with Gasteiger partial charge in [-0.2, -0.15) is 11.8 Å². The molecule has 27 heavy (non-hydrogen) atoms. The van der Waals surface area contributed by atoms with Crippen molar-refractivity contribution in [1.82, 2.24) is 0 Å². The van der Waals surface area contributed by atoms with E-state index in [0.717, 1.165) is 17.5 Å². The number of aryl methyl sites for hydroxylation is 2. The third kappa shape index (κ3) is 7.10. The first-order chi connectivity index (χ1) is 12.8. The number of hydrogen-bond donors (Lipinski definition) is 1. The van der Waals surface area contributed by atoms with Crippen LogP contribution >= 0.6 is 11.8 Å². The molecule has 2 atom stereocenters. The lowest BCUT2D eigenvalue weighted by molar-refractivity contribution is 0.0505. The number of hydrogen-bond acceptors (Lipinski definition) is 4. The van der Waals surface area contributed by atoms with Gasteiger partial charge in [0, 0.05) is 10.5 Å². The lowest BCUT2D eigenvalue weighted by Gasteiger charge is -2.10. The van der Waals surface area contributed by atoms with Gasteiger partial charge in [-0.1, -0.05) is 42.3 Å². The Labute approximate surface area is 164 Å². The van der Waals surface area contributed by atoms with Crippen molar-refractivity contribution in [2.75, 3.05) is 6.61 Å². The number of carboxylic acid groups (broad SMARTS) is 1. The van der Waals surface area contributed by atoms with Gasteiger partial charge < -0.3 is 9.84 Å². The van der Waals surface area contributed by atoms with Crippen LogP contribution < -0.4 is 0 Å². The smallest absolute Gasteiger partial charge is 0.338 e. The van der Waals surface area contributed by atoms with E-state index in [-0.39, 0.29) is 5.97 Å². The van der Waals surface area contributed by atoms with Crippen LogP contribution in [0.5, 0.6) is 0 Å². The number of carbonyl (C=O) groups excluding carboxylic acids is 1. The molecule has 0 amide bonds. The Morgan fingerprint density at radius 1 is 0.963 bits per heavy atom. The number of carboxylic acids is 1. The van der Waals surface area contributed by atoms with Gasteiger partial charge in [0.2, 0.25) is 0 Å². The van der Waals surface area contributed by atoms with Gasteiger partial charge in [0.05, 0.1) is 11.1 Å². The van der Waals surface area contributed by atoms with Gasteiger partial charge in [-0.05, 0) is 51.0 Å². The Balaban J connectivity index is 0.000000223. The number of rotatable bonds is 4. The average molecular weight is 387 g/mol. The Kier molecular flexibility index (Phi) is 7.92. The predicted molar refractivity (Wildman–Crippen MR) is 110 cm³/mol. The first kappa shape index (κ1) is 21.0. The van der Waals surface area contributed by atoms with Crippen LogP contribution in [-0.4, -0.2) is 34.2 Å². The summed E-state index contributed by atoms with van der Waals surface area (Å²) in [6.07, 6.45) is 2.39. The lowest BCUT2D eigenvalue weighted by atomic mass is 10.1. The molecule has 1 fully saturated rings. The van der Waals surface area contributed by atoms with Crippen molar-refractivity contribution >= 4 is 23.7 Å². The second-order valence-corrected chi connectivity index (χ2v) is 8.53. The molecule has 0 aromatic heterocycles. The molecule has 3 rings (SSSR count). The fourth-order valence-corrected chi connectivity index (χ4v) is 3.99. The highest BCUT2D eigenvalue weighted by molar-refractivity contribution is 8.00. The molecule has 1 aliphatic heterocycles. The summed E-state index contributed by atoms with van der Waals surface area (Å²) in [7, 11) is 0. The number of thioether (sulfide) groups is 1. The summed E-state index contributed by atoms with van der Waals surface area (Å²) in [6.45, 7) is 6.70. The minimum absolute atomic E-state index is 0.204. The third-order valence-corrected chi connectivity index (χ3v) is 5.76. The number of ether oxygens (including phenoxy) is 1. The van der Waals surface area contributed by atoms with Gasteiger partial charge in [0.15, 0.2) is 0 Å². The molecule has 0 radical (unpaired) electrons. The second-order valence-electron chi connectivity index (χ2n) is 6.78. The van der Waals surface area contributed by atoms with E-state index < -0.39 is 5.97 Å². The summed E-state index contributed by atoms with van der Waals surface area (Å²) in [5, 5.41) is 9.67. The molecule has 144 valence electrons. The van der Waals surface area contributed by atoms with Gasteiger partial charge in [0.1, 0.15) is 6.61 Å². The van der Waals surface area contributed by atoms with E-state index in [2.05, 4.69) is 6.92 Å². The van der Waals surface area contributed by atoms with Gasteiger partial charge in [-0.15, -0.1) is 0 Å². The van der Waals surface area contributed by atoms with Crippen LogP contribution in [-0.2, 0) is 4.74 Å². The summed E-state index contributed by atoms with van der Waals surface area (Å²) in [6, 6.07) is 14.3. The molecule has 0 bridgehead atoms. The molecule has 1 unspecified atom stereocenters. The summed E-state index contributed by atoms with van der Waals surface area (Å²) in [4.78, 5) is 22.1. The molecule has 2 aromatic rings. The maximum Gasteiger partial charge on any atom is 0.338 e. The highest BCUT2D eigenvalue weighted by Crippen LogP contribution is 2.33. The molecule has 0 aliphatic carbocycles. The van der Waals surface area contributed by atoms with Gasteiger partial charge in [-0.3, -0.25) is 0 Å². The van der Waals surface area contributed by atoms with Gasteiger partial charge in [0.25, 0.3) is 0 Å². The first-order valence-electron chi connectivity index (χ1n) is 9.04. The Morgan fingerprint density at radius 2 is 1.48 bits per heavy atom. The predicted octanol–water partition coefficient (Wildman–Crippen LogP) is 5.13. The van der Waals surface area contributed by atoms with E-state index in [1.807, 2.05) is 49.9 Å². The van der Waals surface area contributed by atoms with Gasteiger partial charge in [-0.25, -0.2) is 9.59 Å². The summed E-state index contributed by atoms with van der Waals surface area (Å²) in [5.41, 5.74) is 3.21. The first-order valence-corrected chi connectivity index (χ1v) is 9.98. The van der Waals surface area contributed by atoms with Crippen molar-refractivity contribution in [3.8, 4) is 0 Å². The molecular weight excluding hydrogens is 360 g/mol. The lowest BCUT2D eigenvalue weighted by Crippen LogP contribution is -2.14. The van der Waals surface area contributed by atoms with Crippen LogP contribution in [0, 0.1) is 13.8 Å². The van der Waals surface area contributed by atoms with Crippen LogP contribution in [0.1, 0.15) is 51.6 Å². The van der Waals surface area contributed by atoms with Crippen molar-refractivity contribution in [2.45, 2.75) is 44.1 Å². The van der Waals surface area contributed by atoms with E-state index in [0.29, 0.717) is 28.2 Å². The number of esters is 1. The molecule has 0 spiro atoms. The Hall–Kier alpha value is -2.27. The summed E-state index contributed by atoms with van der Waals surface area (Å²) < 4.78 is 5.34. The summed E-state index contributed by atoms with van der Waals surface area (Å²) in [5.74, 6) is -1.08. The topological polar surface area (TPSA) is 63.6 Å². The van der Waals surface area contributed by atoms with Crippen molar-refractivity contribution in [3.63, 3.8) is 0 Å². The number of carbonyl (C=O) groups is 2. The SMILES string of the molecule is Cc1ccc(C(=O)O)cc1.Cc1ccc(C(=O)OC[C@@H]2CCC(C)S2)cc1. The highest BCUT2D eigenvalue weighted by atomic mass is 32.2. The second kappa shape index (κ2) is 10.2. The average Bonchev–Trinajstić information content (AvgIpc) is 3.06. The monoisotopic (exact) mass is 386 g/mol. The molecule has 2 aromatic carbocycles. The van der Waals surface area contributed by atoms with E-state index in [4.69, 9.17) is 9.84 Å². The third-order valence-electron chi connectivity index (χ3n) is 4.31. The normalized spacial score (nSPS) is 18.3. The van der Waals surface area contributed by atoms with Crippen LogP contribution in [0.15, 0.2) is 48.5 Å². The largest absolute Gasteiger partial charge is 0.478 e. The van der Waals surface area contributed by atoms with Crippen molar-refractivity contribution in [3.05, 3.63) is 70.8 Å². The molecule has 4 nitrogen and oxygen atoms in total. The summed E-state index contributed by atoms with van der Waals surface area (Å²) >= 11 is 1.93. The molecule has 1 saturated heterocycles. The van der Waals surface area contributed by atoms with Crippen molar-refractivity contribution < 1.29 is 19.4 Å². The molecule has 1 aliphatic rings. The van der Waals surface area contributed by atoms with Crippen LogP contribution in [0.25, 0.3) is 0 Å². The Morgan fingerprint density at radius 3 is 1.93 bits per heavy atom. The van der Waals surface area contributed by atoms with Crippen LogP contribution in [0.4, 0.5) is 0 Å². The minimum Gasteiger partial charge on any atom is -0.478 e. The molecule has 0 saturated carbocycles. The molecule has 1 N–H and O–H groups in total. The van der Waals surface area contributed by atoms with E-state index in [1.165, 1.54) is 6.42 Å². The molecule has 5 heteroatoms. The fraction of sp³-hybridized carbons (Fsp3) is 0.364. The van der Waals surface area contributed by atoms with Crippen molar-refractivity contribution in [1.29, 1.82) is 0 Å². The standard InChI is InChI=1S/C14H18O2S.C8H8O2/c1-10-3-6-12(7-4-10)14(15)16-9-13-8-5-11(2)17-13;1-6-2-4-7(5-3-6)8(9)10/h3-4,6-7,11,13H,5,8-9H2,1-2H3;2-5H,1H3,(H,9,10)/t11?,13-;/m0./s1. The maximum atomic E-state index is 11.8. The number of benzene rings is 2. The molecular formula is C22H26O4S. The van der Waals surface area contributed by atoms with Crippen LogP contribution in [0.3, 0.4) is 0 Å². The zero-order valence-electron chi connectivity index (χ0n) is 16.0. The van der Waals surface area contributed by atoms with E-state index in [1.54, 1.807) is 24.3 Å². The van der Waals surface area contributed by atoms with Crippen molar-refractivity contribution in [2.24, 2.45) is 0 Å².